The van der Waals surface area contributed by atoms with Gasteiger partial charge in [-0.15, -0.1) is 5.12 Å². The molecule has 0 spiro atoms. The Morgan fingerprint density at radius 1 is 1.24 bits per heavy atom. The number of aromatic nitrogens is 2. The Bertz CT molecular complexity index is 993. The summed E-state index contributed by atoms with van der Waals surface area (Å²) in [5.41, 5.74) is 9.13. The molecule has 0 aliphatic carbocycles. The van der Waals surface area contributed by atoms with Gasteiger partial charge in [0.05, 0.1) is 11.7 Å². The molecule has 1 amide bonds. The largest absolute Gasteiger partial charge is 0.368 e. The Morgan fingerprint density at radius 2 is 2.08 bits per heavy atom. The first-order valence-electron chi connectivity index (χ1n) is 7.76. The lowest BCUT2D eigenvalue weighted by Crippen LogP contribution is -2.52. The van der Waals surface area contributed by atoms with Crippen LogP contribution in [0.4, 0.5) is 0 Å². The number of nitrogens with zero attached hydrogens (tertiary/aromatic N) is 4. The molecule has 2 heterocycles. The minimum absolute atomic E-state index is 0.0590. The van der Waals surface area contributed by atoms with Crippen molar-refractivity contribution in [3.8, 4) is 0 Å². The number of carbonyl (C=O) groups is 1. The van der Waals surface area contributed by atoms with E-state index in [0.717, 1.165) is 22.0 Å². The number of aliphatic imine (C=N–C) groups is 1. The van der Waals surface area contributed by atoms with E-state index in [4.69, 9.17) is 11.6 Å². The molecule has 5 N–H and O–H groups in total. The quantitative estimate of drug-likeness (QED) is 0.613. The van der Waals surface area contributed by atoms with E-state index in [9.17, 15) is 4.79 Å². The van der Waals surface area contributed by atoms with Crippen LogP contribution >= 0.6 is 0 Å². The summed E-state index contributed by atoms with van der Waals surface area (Å²) >= 11 is 0. The topological polar surface area (TPSA) is 117 Å². The number of hydrogen-bond donors (Lipinski definition) is 3. The monoisotopic (exact) mass is 335 g/mol. The predicted octanol–water partition coefficient (Wildman–Crippen LogP) is 1.43. The standard InChI is InChI=1S/C17H17N7O/c1-10-3-2-4-12(7-10)16(25)23-17(18)21-15(24(23)19)11-5-6-13-9-20-22-14(13)8-11/h2-9,15H,19H2,1H3,(H2,18,21)(H,20,22). The van der Waals surface area contributed by atoms with Crippen molar-refractivity contribution in [2.45, 2.75) is 13.1 Å². The summed E-state index contributed by atoms with van der Waals surface area (Å²) in [5, 5.41) is 10.3. The van der Waals surface area contributed by atoms with E-state index >= 15 is 0 Å². The second-order valence-corrected chi connectivity index (χ2v) is 5.94. The number of carbonyl (C=O) groups excluding carboxylic acids is 1. The molecular formula is C17H17N7O. The average Bonchev–Trinajstić information content (AvgIpc) is 3.17. The number of rotatable bonds is 2. The number of amides is 1. The van der Waals surface area contributed by atoms with Crippen molar-refractivity contribution in [1.82, 2.24) is 20.3 Å². The lowest BCUT2D eigenvalue weighted by Gasteiger charge is -2.26. The normalized spacial score (nSPS) is 17.9. The summed E-state index contributed by atoms with van der Waals surface area (Å²) in [5.74, 6) is 5.90. The molecule has 1 aliphatic rings. The van der Waals surface area contributed by atoms with Crippen molar-refractivity contribution in [2.24, 2.45) is 16.6 Å². The van der Waals surface area contributed by atoms with Crippen molar-refractivity contribution in [3.63, 3.8) is 0 Å². The van der Waals surface area contributed by atoms with E-state index in [0.29, 0.717) is 5.56 Å². The number of hydrogen-bond acceptors (Lipinski definition) is 6. The molecule has 0 saturated heterocycles. The summed E-state index contributed by atoms with van der Waals surface area (Å²) in [7, 11) is 0. The number of aryl methyl sites for hydroxylation is 1. The molecule has 8 heteroatoms. The van der Waals surface area contributed by atoms with E-state index in [1.165, 1.54) is 10.1 Å². The first kappa shape index (κ1) is 15.3. The van der Waals surface area contributed by atoms with Crippen LogP contribution in [0.1, 0.15) is 27.7 Å². The number of nitrogens with two attached hydrogens (primary N) is 2. The van der Waals surface area contributed by atoms with Crippen molar-refractivity contribution in [2.75, 3.05) is 0 Å². The third kappa shape index (κ3) is 2.53. The van der Waals surface area contributed by atoms with E-state index < -0.39 is 6.17 Å². The van der Waals surface area contributed by atoms with Gasteiger partial charge in [-0.25, -0.2) is 10.8 Å². The Hall–Kier alpha value is -3.23. The molecular weight excluding hydrogens is 318 g/mol. The molecule has 0 radical (unpaired) electrons. The first-order chi connectivity index (χ1) is 12.0. The third-order valence-corrected chi connectivity index (χ3v) is 4.17. The van der Waals surface area contributed by atoms with Gasteiger partial charge in [0.2, 0.25) is 5.96 Å². The molecule has 126 valence electrons. The molecule has 4 rings (SSSR count). The summed E-state index contributed by atoms with van der Waals surface area (Å²) in [4.78, 5) is 17.1. The van der Waals surface area contributed by atoms with Crippen LogP contribution in [0.15, 0.2) is 53.7 Å². The Kier molecular flexibility index (Phi) is 3.48. The number of nitrogens with one attached hydrogen (secondary N) is 1. The number of H-pyrrole nitrogens is 1. The van der Waals surface area contributed by atoms with E-state index in [-0.39, 0.29) is 11.9 Å². The van der Waals surface area contributed by atoms with Crippen LogP contribution in [0.3, 0.4) is 0 Å². The van der Waals surface area contributed by atoms with Crippen LogP contribution in [0.5, 0.6) is 0 Å². The van der Waals surface area contributed by atoms with Gasteiger partial charge in [0.15, 0.2) is 6.17 Å². The highest BCUT2D eigenvalue weighted by Gasteiger charge is 2.36. The van der Waals surface area contributed by atoms with Gasteiger partial charge in [-0.1, -0.05) is 29.8 Å². The van der Waals surface area contributed by atoms with Crippen molar-refractivity contribution in [3.05, 3.63) is 65.4 Å². The Balaban J connectivity index is 1.66. The molecule has 1 unspecified atom stereocenters. The molecule has 1 aromatic heterocycles. The van der Waals surface area contributed by atoms with E-state index in [2.05, 4.69) is 15.2 Å². The molecule has 1 aliphatic heterocycles. The molecule has 0 bridgehead atoms. The van der Waals surface area contributed by atoms with Crippen LogP contribution in [0, 0.1) is 6.92 Å². The zero-order valence-corrected chi connectivity index (χ0v) is 13.5. The average molecular weight is 335 g/mol. The summed E-state index contributed by atoms with van der Waals surface area (Å²) in [6.45, 7) is 1.92. The fourth-order valence-electron chi connectivity index (χ4n) is 2.92. The smallest absolute Gasteiger partial charge is 0.276 e. The fraction of sp³-hybridized carbons (Fsp3) is 0.118. The van der Waals surface area contributed by atoms with Gasteiger partial charge < -0.3 is 5.73 Å². The molecule has 0 saturated carbocycles. The molecule has 2 aromatic carbocycles. The van der Waals surface area contributed by atoms with Gasteiger partial charge in [-0.2, -0.15) is 10.1 Å². The fourth-order valence-corrected chi connectivity index (χ4v) is 2.92. The number of aromatic amines is 1. The molecule has 3 aromatic rings. The predicted molar refractivity (Wildman–Crippen MR) is 93.8 cm³/mol. The highest BCUT2D eigenvalue weighted by Crippen LogP contribution is 2.29. The summed E-state index contributed by atoms with van der Waals surface area (Å²) in [6.07, 6.45) is 1.15. The Labute approximate surface area is 143 Å². The molecule has 1 atom stereocenters. The van der Waals surface area contributed by atoms with Crippen LogP contribution < -0.4 is 11.6 Å². The maximum Gasteiger partial charge on any atom is 0.276 e. The van der Waals surface area contributed by atoms with Gasteiger partial charge in [-0.3, -0.25) is 9.89 Å². The van der Waals surface area contributed by atoms with Crippen LogP contribution in [0.25, 0.3) is 10.9 Å². The first-order valence-corrected chi connectivity index (χ1v) is 7.76. The van der Waals surface area contributed by atoms with Crippen molar-refractivity contribution < 1.29 is 4.79 Å². The lowest BCUT2D eigenvalue weighted by molar-refractivity contribution is 0.0199. The van der Waals surface area contributed by atoms with Crippen molar-refractivity contribution in [1.29, 1.82) is 0 Å². The number of fused-ring (bicyclic) bond motifs is 1. The Morgan fingerprint density at radius 3 is 2.88 bits per heavy atom. The van der Waals surface area contributed by atoms with Gasteiger partial charge >= 0.3 is 0 Å². The third-order valence-electron chi connectivity index (χ3n) is 4.17. The summed E-state index contributed by atoms with van der Waals surface area (Å²) in [6, 6.07) is 12.9. The van der Waals surface area contributed by atoms with Gasteiger partial charge in [-0.05, 0) is 30.7 Å². The molecule has 0 fully saturated rings. The second kappa shape index (κ2) is 5.69. The van der Waals surface area contributed by atoms with Gasteiger partial charge in [0.1, 0.15) is 0 Å². The highest BCUT2D eigenvalue weighted by molar-refractivity contribution is 6.05. The highest BCUT2D eigenvalue weighted by atomic mass is 16.2. The zero-order valence-electron chi connectivity index (χ0n) is 13.5. The van der Waals surface area contributed by atoms with Gasteiger partial charge in [0, 0.05) is 10.9 Å². The molecule has 8 nitrogen and oxygen atoms in total. The SMILES string of the molecule is Cc1cccc(C(=O)N2C(N)=NC(c3ccc4cn[nH]c4c3)N2N)c1. The number of guanidine groups is 1. The number of hydrazine groups is 2. The maximum atomic E-state index is 12.8. The van der Waals surface area contributed by atoms with Crippen LogP contribution in [0.2, 0.25) is 0 Å². The number of benzene rings is 2. The zero-order chi connectivity index (χ0) is 17.6. The lowest BCUT2D eigenvalue weighted by atomic mass is 10.1. The summed E-state index contributed by atoms with van der Waals surface area (Å²) < 4.78 is 0. The maximum absolute atomic E-state index is 12.8. The molecule has 25 heavy (non-hydrogen) atoms. The van der Waals surface area contributed by atoms with Crippen molar-refractivity contribution >= 4 is 22.8 Å². The minimum Gasteiger partial charge on any atom is -0.368 e. The van der Waals surface area contributed by atoms with Crippen LogP contribution in [-0.4, -0.2) is 32.2 Å². The van der Waals surface area contributed by atoms with E-state index in [1.54, 1.807) is 18.3 Å². The van der Waals surface area contributed by atoms with Gasteiger partial charge in [0.25, 0.3) is 5.91 Å². The minimum atomic E-state index is -0.582. The second-order valence-electron chi connectivity index (χ2n) is 5.94. The van der Waals surface area contributed by atoms with Crippen LogP contribution in [-0.2, 0) is 0 Å². The van der Waals surface area contributed by atoms with E-state index in [1.807, 2.05) is 37.3 Å².